The molecule has 43 heavy (non-hydrogen) atoms. The molecule has 0 N–H and O–H groups in total. The van der Waals surface area contributed by atoms with E-state index in [4.69, 9.17) is 0 Å². The third-order valence-corrected chi connectivity index (χ3v) is 8.57. The Morgan fingerprint density at radius 3 is 1.26 bits per heavy atom. The van der Waals surface area contributed by atoms with Crippen LogP contribution in [-0.2, 0) is 6.42 Å². The molecule has 6 aromatic carbocycles. The van der Waals surface area contributed by atoms with Gasteiger partial charge in [-0.25, -0.2) is 0 Å². The zero-order chi connectivity index (χ0) is 29.1. The van der Waals surface area contributed by atoms with Gasteiger partial charge in [-0.05, 0) is 71.0 Å². The third kappa shape index (κ3) is 4.33. The van der Waals surface area contributed by atoms with E-state index in [1.54, 1.807) is 0 Å². The largest absolute Gasteiger partial charge is 0.309 e. The van der Waals surface area contributed by atoms with Gasteiger partial charge in [0.25, 0.3) is 0 Å². The van der Waals surface area contributed by atoms with Gasteiger partial charge in [-0.1, -0.05) is 118 Å². The zero-order valence-corrected chi connectivity index (χ0v) is 24.9. The van der Waals surface area contributed by atoms with Crippen LogP contribution in [0.1, 0.15) is 26.3 Å². The second kappa shape index (κ2) is 9.74. The lowest BCUT2D eigenvalue weighted by atomic mass is 9.87. The van der Waals surface area contributed by atoms with Crippen molar-refractivity contribution in [2.45, 2.75) is 27.2 Å². The van der Waals surface area contributed by atoms with Crippen LogP contribution in [-0.4, -0.2) is 9.13 Å². The lowest BCUT2D eigenvalue weighted by Gasteiger charge is -2.19. The second-order valence-corrected chi connectivity index (χ2v) is 12.9. The molecule has 0 radical (unpaired) electrons. The molecular formula is C41H34N2. The molecule has 0 aliphatic carbocycles. The standard InChI is InChI=1S/C41H34N2/c1-41(2,3)27-28-13-12-14-29(23-28)30-24-31(42-37-19-8-4-15-33(37)34-16-5-9-20-38(34)42)26-32(25-30)43-39-21-10-6-17-35(39)36-18-7-11-22-40(36)43/h4-26H,27H2,1-3H3. The summed E-state index contributed by atoms with van der Waals surface area (Å²) in [7, 11) is 0. The molecule has 0 saturated heterocycles. The maximum Gasteiger partial charge on any atom is 0.0541 e. The number of para-hydroxylation sites is 4. The highest BCUT2D eigenvalue weighted by atomic mass is 15.0. The van der Waals surface area contributed by atoms with E-state index in [1.807, 2.05) is 0 Å². The predicted molar refractivity (Wildman–Crippen MR) is 184 cm³/mol. The predicted octanol–water partition coefficient (Wildman–Crippen LogP) is 11.1. The van der Waals surface area contributed by atoms with Crippen molar-refractivity contribution in [2.75, 3.05) is 0 Å². The monoisotopic (exact) mass is 554 g/mol. The summed E-state index contributed by atoms with van der Waals surface area (Å²) in [5.74, 6) is 0. The number of rotatable bonds is 4. The van der Waals surface area contributed by atoms with Gasteiger partial charge in [0.05, 0.1) is 22.1 Å². The van der Waals surface area contributed by atoms with Crippen LogP contribution in [0.15, 0.2) is 140 Å². The van der Waals surface area contributed by atoms with Crippen molar-refractivity contribution < 1.29 is 0 Å². The van der Waals surface area contributed by atoms with Crippen molar-refractivity contribution in [1.29, 1.82) is 0 Å². The Balaban J connectivity index is 1.46. The quantitative estimate of drug-likeness (QED) is 0.205. The van der Waals surface area contributed by atoms with E-state index >= 15 is 0 Å². The fourth-order valence-corrected chi connectivity index (χ4v) is 6.89. The van der Waals surface area contributed by atoms with Gasteiger partial charge in [0.1, 0.15) is 0 Å². The van der Waals surface area contributed by atoms with Gasteiger partial charge in [0.15, 0.2) is 0 Å². The molecule has 0 saturated carbocycles. The van der Waals surface area contributed by atoms with E-state index in [2.05, 4.69) is 169 Å². The van der Waals surface area contributed by atoms with Gasteiger partial charge in [0.2, 0.25) is 0 Å². The van der Waals surface area contributed by atoms with Gasteiger partial charge < -0.3 is 9.13 Å². The highest BCUT2D eigenvalue weighted by molar-refractivity contribution is 6.10. The lowest BCUT2D eigenvalue weighted by molar-refractivity contribution is 0.411. The molecule has 208 valence electrons. The van der Waals surface area contributed by atoms with E-state index in [1.165, 1.54) is 60.3 Å². The topological polar surface area (TPSA) is 9.86 Å². The molecule has 2 heteroatoms. The average molecular weight is 555 g/mol. The van der Waals surface area contributed by atoms with Crippen molar-refractivity contribution in [2.24, 2.45) is 5.41 Å². The van der Waals surface area contributed by atoms with Crippen LogP contribution >= 0.6 is 0 Å². The first-order valence-electron chi connectivity index (χ1n) is 15.2. The van der Waals surface area contributed by atoms with Crippen molar-refractivity contribution in [1.82, 2.24) is 9.13 Å². The maximum absolute atomic E-state index is 2.44. The fourth-order valence-electron chi connectivity index (χ4n) is 6.89. The Morgan fingerprint density at radius 2 is 0.837 bits per heavy atom. The fraction of sp³-hybridized carbons (Fsp3) is 0.122. The molecule has 0 amide bonds. The number of hydrogen-bond donors (Lipinski definition) is 0. The van der Waals surface area contributed by atoms with E-state index in [9.17, 15) is 0 Å². The molecule has 0 atom stereocenters. The van der Waals surface area contributed by atoms with Gasteiger partial charge >= 0.3 is 0 Å². The minimum Gasteiger partial charge on any atom is -0.309 e. The smallest absolute Gasteiger partial charge is 0.0541 e. The van der Waals surface area contributed by atoms with Crippen molar-refractivity contribution in [3.8, 4) is 22.5 Å². The Labute approximate surface area is 252 Å². The average Bonchev–Trinajstić information content (AvgIpc) is 3.53. The van der Waals surface area contributed by atoms with Gasteiger partial charge in [0, 0.05) is 32.9 Å². The van der Waals surface area contributed by atoms with Crippen LogP contribution in [0.5, 0.6) is 0 Å². The molecule has 0 bridgehead atoms. The van der Waals surface area contributed by atoms with Crippen LogP contribution in [0.25, 0.3) is 66.1 Å². The number of hydrogen-bond acceptors (Lipinski definition) is 0. The number of fused-ring (bicyclic) bond motifs is 6. The van der Waals surface area contributed by atoms with E-state index in [0.29, 0.717) is 0 Å². The van der Waals surface area contributed by atoms with E-state index < -0.39 is 0 Å². The van der Waals surface area contributed by atoms with Crippen LogP contribution < -0.4 is 0 Å². The molecule has 0 fully saturated rings. The zero-order valence-electron chi connectivity index (χ0n) is 24.9. The second-order valence-electron chi connectivity index (χ2n) is 12.9. The van der Waals surface area contributed by atoms with Gasteiger partial charge in [-0.2, -0.15) is 0 Å². The molecule has 2 aromatic heterocycles. The van der Waals surface area contributed by atoms with Crippen LogP contribution in [0.3, 0.4) is 0 Å². The normalized spacial score (nSPS) is 12.2. The Kier molecular flexibility index (Phi) is 5.80. The summed E-state index contributed by atoms with van der Waals surface area (Å²) < 4.78 is 4.87. The number of nitrogens with zero attached hydrogens (tertiary/aromatic N) is 2. The molecule has 0 unspecified atom stereocenters. The van der Waals surface area contributed by atoms with Crippen molar-refractivity contribution in [3.63, 3.8) is 0 Å². The number of benzene rings is 6. The highest BCUT2D eigenvalue weighted by Gasteiger charge is 2.18. The molecule has 8 aromatic rings. The van der Waals surface area contributed by atoms with E-state index in [0.717, 1.165) is 17.8 Å². The summed E-state index contributed by atoms with van der Waals surface area (Å²) in [5, 5.41) is 5.09. The molecule has 0 spiro atoms. The summed E-state index contributed by atoms with van der Waals surface area (Å²) in [6.07, 6.45) is 1.03. The Bertz CT molecular complexity index is 2070. The van der Waals surface area contributed by atoms with Crippen LogP contribution in [0.2, 0.25) is 0 Å². The highest BCUT2D eigenvalue weighted by Crippen LogP contribution is 2.38. The molecular weight excluding hydrogens is 520 g/mol. The van der Waals surface area contributed by atoms with E-state index in [-0.39, 0.29) is 5.41 Å². The summed E-state index contributed by atoms with van der Waals surface area (Å²) in [4.78, 5) is 0. The third-order valence-electron chi connectivity index (χ3n) is 8.57. The number of aromatic nitrogens is 2. The molecule has 8 rings (SSSR count). The SMILES string of the molecule is CC(C)(C)Cc1cccc(-c2cc(-n3c4ccccc4c4ccccc43)cc(-n3c4ccccc4c4ccccc43)c2)c1. The first-order valence-corrected chi connectivity index (χ1v) is 15.2. The van der Waals surface area contributed by atoms with Gasteiger partial charge in [-0.15, -0.1) is 0 Å². The minimum atomic E-state index is 0.220. The molecule has 0 aliphatic rings. The van der Waals surface area contributed by atoms with Crippen LogP contribution in [0.4, 0.5) is 0 Å². The summed E-state index contributed by atoms with van der Waals surface area (Å²) in [6, 6.07) is 51.3. The lowest BCUT2D eigenvalue weighted by Crippen LogP contribution is -2.09. The van der Waals surface area contributed by atoms with Crippen LogP contribution in [0, 0.1) is 5.41 Å². The Hall–Kier alpha value is -5.08. The summed E-state index contributed by atoms with van der Waals surface area (Å²) in [6.45, 7) is 6.93. The van der Waals surface area contributed by atoms with Gasteiger partial charge in [-0.3, -0.25) is 0 Å². The molecule has 0 aliphatic heterocycles. The molecule has 2 nitrogen and oxygen atoms in total. The summed E-state index contributed by atoms with van der Waals surface area (Å²) >= 11 is 0. The Morgan fingerprint density at radius 1 is 0.419 bits per heavy atom. The molecule has 2 heterocycles. The van der Waals surface area contributed by atoms with Crippen molar-refractivity contribution in [3.05, 3.63) is 145 Å². The summed E-state index contributed by atoms with van der Waals surface area (Å²) in [5.41, 5.74) is 11.2. The minimum absolute atomic E-state index is 0.220. The van der Waals surface area contributed by atoms with Crippen molar-refractivity contribution >= 4 is 43.6 Å². The first kappa shape index (κ1) is 25.6. The first-order chi connectivity index (χ1) is 20.9. The maximum atomic E-state index is 2.44.